The highest BCUT2D eigenvalue weighted by atomic mass is 17.2. The van der Waals surface area contributed by atoms with E-state index in [4.69, 9.17) is 9.78 Å². The van der Waals surface area contributed by atoms with E-state index in [9.17, 15) is 0 Å². The van der Waals surface area contributed by atoms with Crippen molar-refractivity contribution in [1.29, 1.82) is 0 Å². The van der Waals surface area contributed by atoms with Crippen LogP contribution in [0.5, 0.6) is 0 Å². The van der Waals surface area contributed by atoms with Crippen LogP contribution in [0.25, 0.3) is 0 Å². The molecule has 14 heavy (non-hydrogen) atoms. The van der Waals surface area contributed by atoms with Crippen molar-refractivity contribution in [2.75, 3.05) is 13.2 Å². The quantitative estimate of drug-likeness (QED) is 0.285. The predicted octanol–water partition coefficient (Wildman–Crippen LogP) is 4.10. The first kappa shape index (κ1) is 13.9. The minimum atomic E-state index is 0.753. The summed E-state index contributed by atoms with van der Waals surface area (Å²) < 4.78 is 0. The van der Waals surface area contributed by atoms with E-state index in [1.165, 1.54) is 38.5 Å². The second-order valence-corrected chi connectivity index (χ2v) is 3.77. The first-order valence-corrected chi connectivity index (χ1v) is 6.16. The molecule has 0 atom stereocenters. The van der Waals surface area contributed by atoms with Gasteiger partial charge in [0.25, 0.3) is 0 Å². The van der Waals surface area contributed by atoms with E-state index in [-0.39, 0.29) is 0 Å². The molecule has 0 saturated heterocycles. The molecule has 0 aliphatic heterocycles. The molecule has 2 heteroatoms. The maximum Gasteiger partial charge on any atom is 0.0822 e. The first-order valence-electron chi connectivity index (χ1n) is 6.16. The smallest absolute Gasteiger partial charge is 0.0822 e. The zero-order valence-corrected chi connectivity index (χ0v) is 9.89. The molecule has 86 valence electrons. The third-order valence-electron chi connectivity index (χ3n) is 2.25. The van der Waals surface area contributed by atoms with Gasteiger partial charge in [0.05, 0.1) is 13.2 Å². The molecule has 0 unspecified atom stereocenters. The monoisotopic (exact) mass is 202 g/mol. The van der Waals surface area contributed by atoms with Gasteiger partial charge in [-0.05, 0) is 12.8 Å². The van der Waals surface area contributed by atoms with Crippen LogP contribution in [0.1, 0.15) is 65.2 Å². The topological polar surface area (TPSA) is 18.5 Å². The summed E-state index contributed by atoms with van der Waals surface area (Å²) in [6.07, 6.45) is 9.97. The fourth-order valence-corrected chi connectivity index (χ4v) is 1.29. The molecule has 0 aromatic carbocycles. The molecule has 0 fully saturated rings. The van der Waals surface area contributed by atoms with Crippen LogP contribution in [0, 0.1) is 0 Å². The fraction of sp³-hybridized carbons (Fsp3) is 1.00. The van der Waals surface area contributed by atoms with Gasteiger partial charge < -0.3 is 0 Å². The van der Waals surface area contributed by atoms with Crippen LogP contribution in [0.15, 0.2) is 0 Å². The molecule has 0 aromatic rings. The Morgan fingerprint density at radius 3 is 1.57 bits per heavy atom. The zero-order valence-electron chi connectivity index (χ0n) is 9.89. The molecule has 0 spiro atoms. The highest BCUT2D eigenvalue weighted by Gasteiger charge is 1.91. The lowest BCUT2D eigenvalue weighted by atomic mass is 10.2. The van der Waals surface area contributed by atoms with Crippen LogP contribution >= 0.6 is 0 Å². The van der Waals surface area contributed by atoms with Crippen LogP contribution in [0.2, 0.25) is 0 Å². The van der Waals surface area contributed by atoms with E-state index >= 15 is 0 Å². The molecule has 0 aromatic heterocycles. The molecule has 0 heterocycles. The van der Waals surface area contributed by atoms with Crippen molar-refractivity contribution in [3.63, 3.8) is 0 Å². The van der Waals surface area contributed by atoms with E-state index < -0.39 is 0 Å². The fourth-order valence-electron chi connectivity index (χ4n) is 1.29. The average Bonchev–Trinajstić information content (AvgIpc) is 2.21. The summed E-state index contributed by atoms with van der Waals surface area (Å²) in [7, 11) is 0. The molecule has 0 N–H and O–H groups in total. The Morgan fingerprint density at radius 1 is 0.571 bits per heavy atom. The van der Waals surface area contributed by atoms with Crippen molar-refractivity contribution in [2.24, 2.45) is 0 Å². The first-order chi connectivity index (χ1) is 6.91. The maximum atomic E-state index is 5.06. The van der Waals surface area contributed by atoms with Gasteiger partial charge in [-0.25, -0.2) is 9.78 Å². The van der Waals surface area contributed by atoms with Gasteiger partial charge in [-0.3, -0.25) is 0 Å². The summed E-state index contributed by atoms with van der Waals surface area (Å²) in [4.78, 5) is 10.1. The van der Waals surface area contributed by atoms with Gasteiger partial charge in [-0.1, -0.05) is 52.4 Å². The molecule has 0 amide bonds. The van der Waals surface area contributed by atoms with E-state index in [0.29, 0.717) is 0 Å². The standard InChI is InChI=1S/C12H26O2/c1-3-5-7-8-10-12-14-13-11-9-6-4-2/h3-12H2,1-2H3. The van der Waals surface area contributed by atoms with Gasteiger partial charge in [0.15, 0.2) is 0 Å². The Morgan fingerprint density at radius 2 is 1.00 bits per heavy atom. The minimum absolute atomic E-state index is 0.753. The summed E-state index contributed by atoms with van der Waals surface area (Å²) in [5.74, 6) is 0. The molecule has 0 radical (unpaired) electrons. The van der Waals surface area contributed by atoms with Crippen LogP contribution < -0.4 is 0 Å². The van der Waals surface area contributed by atoms with Crippen molar-refractivity contribution in [3.8, 4) is 0 Å². The third kappa shape index (κ3) is 11.9. The number of unbranched alkanes of at least 4 members (excludes halogenated alkanes) is 6. The summed E-state index contributed by atoms with van der Waals surface area (Å²) in [6.45, 7) is 5.93. The van der Waals surface area contributed by atoms with Crippen LogP contribution in [-0.4, -0.2) is 13.2 Å². The Balaban J connectivity index is 2.78. The lowest BCUT2D eigenvalue weighted by Crippen LogP contribution is -1.98. The van der Waals surface area contributed by atoms with Crippen LogP contribution in [-0.2, 0) is 9.78 Å². The SMILES string of the molecule is CCCCCCCOOCCCCC. The van der Waals surface area contributed by atoms with Gasteiger partial charge in [-0.2, -0.15) is 0 Å². The third-order valence-corrected chi connectivity index (χ3v) is 2.25. The number of rotatable bonds is 11. The van der Waals surface area contributed by atoms with E-state index in [1.54, 1.807) is 0 Å². The van der Waals surface area contributed by atoms with E-state index in [1.807, 2.05) is 0 Å². The van der Waals surface area contributed by atoms with Gasteiger partial charge in [0.1, 0.15) is 0 Å². The zero-order chi connectivity index (χ0) is 10.5. The van der Waals surface area contributed by atoms with Crippen molar-refractivity contribution in [1.82, 2.24) is 0 Å². The van der Waals surface area contributed by atoms with E-state index in [0.717, 1.165) is 26.1 Å². The Hall–Kier alpha value is -0.0800. The lowest BCUT2D eigenvalue weighted by molar-refractivity contribution is -0.295. The normalized spacial score (nSPS) is 10.7. The van der Waals surface area contributed by atoms with Crippen LogP contribution in [0.4, 0.5) is 0 Å². The Labute approximate surface area is 88.9 Å². The highest BCUT2D eigenvalue weighted by molar-refractivity contribution is 4.40. The van der Waals surface area contributed by atoms with Gasteiger partial charge >= 0.3 is 0 Å². The molecule has 2 nitrogen and oxygen atoms in total. The average molecular weight is 202 g/mol. The van der Waals surface area contributed by atoms with Crippen molar-refractivity contribution >= 4 is 0 Å². The largest absolute Gasteiger partial charge is 0.237 e. The summed E-state index contributed by atoms with van der Waals surface area (Å²) in [5.41, 5.74) is 0. The summed E-state index contributed by atoms with van der Waals surface area (Å²) >= 11 is 0. The van der Waals surface area contributed by atoms with Gasteiger partial charge in [0.2, 0.25) is 0 Å². The molecule has 0 aliphatic carbocycles. The van der Waals surface area contributed by atoms with Gasteiger partial charge in [-0.15, -0.1) is 0 Å². The number of hydrogen-bond acceptors (Lipinski definition) is 2. The molecular formula is C12H26O2. The van der Waals surface area contributed by atoms with Crippen LogP contribution in [0.3, 0.4) is 0 Å². The predicted molar refractivity (Wildman–Crippen MR) is 60.2 cm³/mol. The molecule has 0 aliphatic rings. The van der Waals surface area contributed by atoms with Crippen molar-refractivity contribution in [3.05, 3.63) is 0 Å². The lowest BCUT2D eigenvalue weighted by Gasteiger charge is -2.03. The Bertz CT molecular complexity index is 82.3. The second-order valence-electron chi connectivity index (χ2n) is 3.77. The molecule has 0 saturated carbocycles. The summed E-state index contributed by atoms with van der Waals surface area (Å²) in [5, 5.41) is 0. The molecular weight excluding hydrogens is 176 g/mol. The van der Waals surface area contributed by atoms with E-state index in [2.05, 4.69) is 13.8 Å². The maximum absolute atomic E-state index is 5.06. The van der Waals surface area contributed by atoms with Crippen molar-refractivity contribution in [2.45, 2.75) is 65.2 Å². The number of hydrogen-bond donors (Lipinski definition) is 0. The second kappa shape index (κ2) is 12.9. The van der Waals surface area contributed by atoms with Gasteiger partial charge in [0, 0.05) is 0 Å². The molecule has 0 bridgehead atoms. The Kier molecular flexibility index (Phi) is 12.8. The molecule has 0 rings (SSSR count). The minimum Gasteiger partial charge on any atom is -0.237 e. The highest BCUT2D eigenvalue weighted by Crippen LogP contribution is 2.02. The summed E-state index contributed by atoms with van der Waals surface area (Å²) in [6, 6.07) is 0. The van der Waals surface area contributed by atoms with Crippen molar-refractivity contribution < 1.29 is 9.78 Å².